The predicted octanol–water partition coefficient (Wildman–Crippen LogP) is 5.44. The molecule has 0 bridgehead atoms. The molecule has 1 aromatic rings. The second-order valence-corrected chi connectivity index (χ2v) is 6.51. The maximum atomic E-state index is 6.27. The second-order valence-electron chi connectivity index (χ2n) is 5.19. The molecule has 84 valence electrons. The highest BCUT2D eigenvalue weighted by atomic mass is 79.9. The third-order valence-electron chi connectivity index (χ3n) is 2.65. The van der Waals surface area contributed by atoms with Crippen LogP contribution in [0.3, 0.4) is 0 Å². The summed E-state index contributed by atoms with van der Waals surface area (Å²) in [6.07, 6.45) is 0. The first kappa shape index (κ1) is 13.1. The molecular formula is C13H18BrCl. The highest BCUT2D eigenvalue weighted by Gasteiger charge is 2.25. The zero-order valence-corrected chi connectivity index (χ0v) is 12.3. The minimum absolute atomic E-state index is 0.172. The van der Waals surface area contributed by atoms with Gasteiger partial charge in [-0.25, -0.2) is 0 Å². The number of hydrogen-bond donors (Lipinski definition) is 0. The first-order valence-electron chi connectivity index (χ1n) is 5.14. The molecule has 0 spiro atoms. The largest absolute Gasteiger partial charge is 0.0840 e. The van der Waals surface area contributed by atoms with Crippen LogP contribution in [0.5, 0.6) is 0 Å². The third-order valence-corrected chi connectivity index (χ3v) is 4.84. The Labute approximate surface area is 106 Å². The summed E-state index contributed by atoms with van der Waals surface area (Å²) in [5.41, 5.74) is 3.90. The quantitative estimate of drug-likeness (QED) is 0.604. The summed E-state index contributed by atoms with van der Waals surface area (Å²) >= 11 is 10.0. The Morgan fingerprint density at radius 3 is 2.07 bits per heavy atom. The van der Waals surface area contributed by atoms with Gasteiger partial charge < -0.3 is 0 Å². The molecular weight excluding hydrogens is 272 g/mol. The van der Waals surface area contributed by atoms with E-state index in [1.165, 1.54) is 16.7 Å². The van der Waals surface area contributed by atoms with Crippen molar-refractivity contribution in [2.45, 2.75) is 39.4 Å². The maximum absolute atomic E-state index is 6.27. The van der Waals surface area contributed by atoms with Crippen LogP contribution in [0.15, 0.2) is 12.1 Å². The van der Waals surface area contributed by atoms with Gasteiger partial charge in [0, 0.05) is 9.85 Å². The van der Waals surface area contributed by atoms with E-state index in [9.17, 15) is 0 Å². The van der Waals surface area contributed by atoms with Gasteiger partial charge in [0.2, 0.25) is 0 Å². The zero-order chi connectivity index (χ0) is 11.8. The van der Waals surface area contributed by atoms with E-state index in [0.717, 1.165) is 5.02 Å². The lowest BCUT2D eigenvalue weighted by molar-refractivity contribution is 0.407. The highest BCUT2D eigenvalue weighted by molar-refractivity contribution is 9.09. The summed E-state index contributed by atoms with van der Waals surface area (Å²) in [6.45, 7) is 10.8. The van der Waals surface area contributed by atoms with Crippen LogP contribution in [-0.2, 0) is 0 Å². The molecule has 15 heavy (non-hydrogen) atoms. The topological polar surface area (TPSA) is 0 Å². The van der Waals surface area contributed by atoms with E-state index in [0.29, 0.717) is 0 Å². The molecule has 2 heteroatoms. The van der Waals surface area contributed by atoms with Crippen molar-refractivity contribution in [3.63, 3.8) is 0 Å². The van der Waals surface area contributed by atoms with Crippen molar-refractivity contribution < 1.29 is 0 Å². The Morgan fingerprint density at radius 1 is 1.13 bits per heavy atom. The Balaban J connectivity index is 3.21. The summed E-state index contributed by atoms with van der Waals surface area (Å²) in [6, 6.07) is 4.23. The van der Waals surface area contributed by atoms with Gasteiger partial charge >= 0.3 is 0 Å². The van der Waals surface area contributed by atoms with Crippen LogP contribution in [0.1, 0.15) is 42.3 Å². The molecule has 1 aromatic carbocycles. The standard InChI is InChI=1S/C13H18BrCl/c1-8-6-10(11(15)7-9(8)2)12(14)13(3,4)5/h6-7,12H,1-5H3. The molecule has 0 aliphatic heterocycles. The molecule has 0 aliphatic rings. The van der Waals surface area contributed by atoms with Crippen LogP contribution < -0.4 is 0 Å². The van der Waals surface area contributed by atoms with Crippen molar-refractivity contribution in [2.75, 3.05) is 0 Å². The average molecular weight is 290 g/mol. The van der Waals surface area contributed by atoms with Gasteiger partial charge in [0.05, 0.1) is 0 Å². The van der Waals surface area contributed by atoms with Crippen molar-refractivity contribution in [1.29, 1.82) is 0 Å². The number of benzene rings is 1. The lowest BCUT2D eigenvalue weighted by atomic mass is 9.87. The summed E-state index contributed by atoms with van der Waals surface area (Å²) in [7, 11) is 0. The first-order valence-corrected chi connectivity index (χ1v) is 6.43. The van der Waals surface area contributed by atoms with Crippen LogP contribution in [0.25, 0.3) is 0 Å². The lowest BCUT2D eigenvalue weighted by Gasteiger charge is -2.27. The summed E-state index contributed by atoms with van der Waals surface area (Å²) in [5, 5.41) is 0.856. The van der Waals surface area contributed by atoms with Gasteiger partial charge in [0.25, 0.3) is 0 Å². The van der Waals surface area contributed by atoms with E-state index in [1.807, 2.05) is 6.07 Å². The Bertz CT molecular complexity index is 364. The molecule has 0 nitrogen and oxygen atoms in total. The van der Waals surface area contributed by atoms with Crippen LogP contribution >= 0.6 is 27.5 Å². The van der Waals surface area contributed by atoms with E-state index in [1.54, 1.807) is 0 Å². The zero-order valence-electron chi connectivity index (χ0n) is 9.99. The van der Waals surface area contributed by atoms with Gasteiger partial charge in [-0.05, 0) is 42.0 Å². The van der Waals surface area contributed by atoms with Gasteiger partial charge in [0.15, 0.2) is 0 Å². The third kappa shape index (κ3) is 2.98. The number of rotatable bonds is 1. The molecule has 0 aliphatic carbocycles. The number of alkyl halides is 1. The molecule has 0 aromatic heterocycles. The SMILES string of the molecule is Cc1cc(Cl)c(C(Br)C(C)(C)C)cc1C. The monoisotopic (exact) mass is 288 g/mol. The van der Waals surface area contributed by atoms with Crippen LogP contribution in [0.2, 0.25) is 5.02 Å². The van der Waals surface area contributed by atoms with Crippen LogP contribution in [-0.4, -0.2) is 0 Å². The van der Waals surface area contributed by atoms with Crippen LogP contribution in [0, 0.1) is 19.3 Å². The maximum Gasteiger partial charge on any atom is 0.0458 e. The van der Waals surface area contributed by atoms with E-state index in [-0.39, 0.29) is 10.2 Å². The Morgan fingerprint density at radius 2 is 1.60 bits per heavy atom. The summed E-state index contributed by atoms with van der Waals surface area (Å²) < 4.78 is 0. The first-order chi connectivity index (χ1) is 6.73. The van der Waals surface area contributed by atoms with E-state index >= 15 is 0 Å². The molecule has 0 saturated heterocycles. The van der Waals surface area contributed by atoms with E-state index in [2.05, 4.69) is 56.6 Å². The van der Waals surface area contributed by atoms with Crippen LogP contribution in [0.4, 0.5) is 0 Å². The van der Waals surface area contributed by atoms with Gasteiger partial charge in [-0.3, -0.25) is 0 Å². The smallest absolute Gasteiger partial charge is 0.0458 e. The minimum atomic E-state index is 0.172. The highest BCUT2D eigenvalue weighted by Crippen LogP contribution is 2.43. The molecule has 0 N–H and O–H groups in total. The number of hydrogen-bond acceptors (Lipinski definition) is 0. The fraction of sp³-hybridized carbons (Fsp3) is 0.538. The van der Waals surface area contributed by atoms with E-state index < -0.39 is 0 Å². The molecule has 1 atom stereocenters. The van der Waals surface area contributed by atoms with Gasteiger partial charge in [-0.1, -0.05) is 54.4 Å². The Hall–Kier alpha value is -0.0100. The lowest BCUT2D eigenvalue weighted by Crippen LogP contribution is -2.13. The van der Waals surface area contributed by atoms with Crippen molar-refractivity contribution in [2.24, 2.45) is 5.41 Å². The summed E-state index contributed by atoms with van der Waals surface area (Å²) in [4.78, 5) is 0.289. The Kier molecular flexibility index (Phi) is 3.89. The van der Waals surface area contributed by atoms with Crippen molar-refractivity contribution in [3.05, 3.63) is 33.8 Å². The normalized spacial score (nSPS) is 14.1. The summed E-state index contributed by atoms with van der Waals surface area (Å²) in [5.74, 6) is 0. The number of aryl methyl sites for hydroxylation is 2. The fourth-order valence-corrected chi connectivity index (χ4v) is 2.30. The van der Waals surface area contributed by atoms with E-state index in [4.69, 9.17) is 11.6 Å². The molecule has 0 amide bonds. The fourth-order valence-electron chi connectivity index (χ4n) is 1.46. The molecule has 0 radical (unpaired) electrons. The molecule has 1 rings (SSSR count). The predicted molar refractivity (Wildman–Crippen MR) is 72.0 cm³/mol. The molecule has 0 fully saturated rings. The van der Waals surface area contributed by atoms with Crippen molar-refractivity contribution in [3.8, 4) is 0 Å². The van der Waals surface area contributed by atoms with Gasteiger partial charge in [-0.2, -0.15) is 0 Å². The average Bonchev–Trinajstić information content (AvgIpc) is 2.08. The van der Waals surface area contributed by atoms with Crippen molar-refractivity contribution in [1.82, 2.24) is 0 Å². The number of halogens is 2. The molecule has 0 saturated carbocycles. The molecule has 1 unspecified atom stereocenters. The molecule has 0 heterocycles. The van der Waals surface area contributed by atoms with Gasteiger partial charge in [0.1, 0.15) is 0 Å². The van der Waals surface area contributed by atoms with Crippen molar-refractivity contribution >= 4 is 27.5 Å². The second kappa shape index (κ2) is 4.47. The van der Waals surface area contributed by atoms with Gasteiger partial charge in [-0.15, -0.1) is 0 Å². The minimum Gasteiger partial charge on any atom is -0.0840 e.